The molecule has 43 heavy (non-hydrogen) atoms. The molecule has 0 saturated heterocycles. The van der Waals surface area contributed by atoms with Gasteiger partial charge in [0, 0.05) is 34.8 Å². The first kappa shape index (κ1) is 31.7. The van der Waals surface area contributed by atoms with Crippen LogP contribution in [-0.2, 0) is 9.13 Å². The van der Waals surface area contributed by atoms with E-state index in [-0.39, 0.29) is 56.4 Å². The molecule has 0 saturated carbocycles. The second-order valence-electron chi connectivity index (χ2n) is 8.79. The molecule has 0 N–H and O–H groups in total. The molecule has 4 aromatic rings. The van der Waals surface area contributed by atoms with Crippen LogP contribution in [0, 0.1) is 0 Å². The Balaban J connectivity index is 2.11. The third kappa shape index (κ3) is 6.58. The van der Waals surface area contributed by atoms with Gasteiger partial charge in [-0.15, -0.1) is 0 Å². The maximum Gasteiger partial charge on any atom is 0.229 e. The van der Waals surface area contributed by atoms with Gasteiger partial charge in [-0.05, 0) is 36.4 Å². The van der Waals surface area contributed by atoms with Crippen LogP contribution in [0.4, 0.5) is 0 Å². The average Bonchev–Trinajstić information content (AvgIpc) is 3.33. The molecule has 1 unspecified atom stereocenters. The highest BCUT2D eigenvalue weighted by molar-refractivity contribution is 7.50. The third-order valence-electron chi connectivity index (χ3n) is 6.06. The van der Waals surface area contributed by atoms with E-state index in [0.29, 0.717) is 5.75 Å². The molecule has 0 fully saturated rings. The first-order chi connectivity index (χ1) is 20.2. The summed E-state index contributed by atoms with van der Waals surface area (Å²) in [6, 6.07) is 9.76. The molecule has 0 radical (unpaired) electrons. The zero-order valence-corrected chi connectivity index (χ0v) is 25.4. The van der Waals surface area contributed by atoms with Crippen LogP contribution >= 0.6 is 15.4 Å². The van der Waals surface area contributed by atoms with Gasteiger partial charge in [0.15, 0.2) is 36.4 Å². The molecular formula is C27H25O14P2-3. The van der Waals surface area contributed by atoms with Crippen molar-refractivity contribution in [3.8, 4) is 51.4 Å². The van der Waals surface area contributed by atoms with Crippen LogP contribution in [0.15, 0.2) is 46.9 Å². The van der Waals surface area contributed by atoms with E-state index in [4.69, 9.17) is 37.1 Å². The third-order valence-corrected chi connectivity index (χ3v) is 6.98. The highest BCUT2D eigenvalue weighted by Gasteiger charge is 2.30. The van der Waals surface area contributed by atoms with E-state index >= 15 is 0 Å². The smallest absolute Gasteiger partial charge is 0.229 e. The summed E-state index contributed by atoms with van der Waals surface area (Å²) in [5, 5.41) is 0.242. The van der Waals surface area contributed by atoms with Crippen molar-refractivity contribution in [2.45, 2.75) is 0 Å². The molecule has 0 amide bonds. The highest BCUT2D eigenvalue weighted by atomic mass is 31.2. The van der Waals surface area contributed by atoms with Gasteiger partial charge in [0.1, 0.15) is 19.2 Å². The van der Waals surface area contributed by atoms with Gasteiger partial charge in [-0.3, -0.25) is 9.36 Å². The molecule has 1 aromatic heterocycles. The maximum absolute atomic E-state index is 14.1. The van der Waals surface area contributed by atoms with Gasteiger partial charge in [-0.25, -0.2) is 0 Å². The summed E-state index contributed by atoms with van der Waals surface area (Å²) >= 11 is 0. The van der Waals surface area contributed by atoms with Crippen LogP contribution < -0.4 is 47.4 Å². The second-order valence-corrected chi connectivity index (χ2v) is 11.6. The molecule has 0 spiro atoms. The predicted molar refractivity (Wildman–Crippen MR) is 147 cm³/mol. The Bertz CT molecular complexity index is 1760. The molecule has 0 aliphatic rings. The first-order valence-electron chi connectivity index (χ1n) is 12.1. The summed E-state index contributed by atoms with van der Waals surface area (Å²) in [5.74, 6) is -2.08. The summed E-state index contributed by atoms with van der Waals surface area (Å²) in [4.78, 5) is 50.0. The molecule has 3 aromatic carbocycles. The lowest BCUT2D eigenvalue weighted by Crippen LogP contribution is -2.19. The van der Waals surface area contributed by atoms with Gasteiger partial charge < -0.3 is 56.4 Å². The van der Waals surface area contributed by atoms with Gasteiger partial charge in [-0.2, -0.15) is 0 Å². The molecule has 0 aliphatic carbocycles. The van der Waals surface area contributed by atoms with Crippen molar-refractivity contribution in [3.05, 3.63) is 53.8 Å². The number of furan rings is 1. The fourth-order valence-corrected chi connectivity index (χ4v) is 5.24. The lowest BCUT2D eigenvalue weighted by Gasteiger charge is -2.32. The van der Waals surface area contributed by atoms with Crippen LogP contribution in [0.3, 0.4) is 0 Å². The SMILES string of the molecule is COc1ccc2c(-c3ccc(OC)c(OP(C)(=O)[O-])c3OP(=O)([O-])[O-])c(C(=O)c3cc(OC)c(OC)c(OC)c3)oc2c1. The maximum atomic E-state index is 14.1. The topological polar surface area (TPSA) is 198 Å². The van der Waals surface area contributed by atoms with E-state index in [0.717, 1.165) is 13.8 Å². The number of benzene rings is 3. The minimum atomic E-state index is -5.85. The average molecular weight is 635 g/mol. The number of fused-ring (bicyclic) bond motifs is 1. The Kier molecular flexibility index (Phi) is 9.00. The van der Waals surface area contributed by atoms with Gasteiger partial charge in [0.25, 0.3) is 0 Å². The zero-order valence-electron chi connectivity index (χ0n) is 23.7. The van der Waals surface area contributed by atoms with Gasteiger partial charge >= 0.3 is 0 Å². The van der Waals surface area contributed by atoms with E-state index in [1.807, 2.05) is 0 Å². The quantitative estimate of drug-likeness (QED) is 0.162. The van der Waals surface area contributed by atoms with Gasteiger partial charge in [0.05, 0.1) is 35.5 Å². The number of hydrogen-bond acceptors (Lipinski definition) is 14. The molecule has 4 rings (SSSR count). The van der Waals surface area contributed by atoms with E-state index in [1.165, 1.54) is 64.8 Å². The lowest BCUT2D eigenvalue weighted by molar-refractivity contribution is -0.333. The van der Waals surface area contributed by atoms with Crippen LogP contribution in [0.5, 0.6) is 40.2 Å². The van der Waals surface area contributed by atoms with E-state index in [1.54, 1.807) is 6.07 Å². The van der Waals surface area contributed by atoms with E-state index in [2.05, 4.69) is 0 Å². The Labute approximate surface area is 245 Å². The number of phosphoric ester groups is 1. The monoisotopic (exact) mass is 635 g/mol. The molecule has 230 valence electrons. The van der Waals surface area contributed by atoms with Crippen molar-refractivity contribution in [1.29, 1.82) is 0 Å². The number of ketones is 1. The summed E-state index contributed by atoms with van der Waals surface area (Å²) in [7, 11) is -3.80. The summed E-state index contributed by atoms with van der Waals surface area (Å²) < 4.78 is 66.3. The number of methoxy groups -OCH3 is 5. The van der Waals surface area contributed by atoms with Crippen molar-refractivity contribution in [3.63, 3.8) is 0 Å². The Morgan fingerprint density at radius 3 is 1.86 bits per heavy atom. The fraction of sp³-hybridized carbons (Fsp3) is 0.222. The van der Waals surface area contributed by atoms with Crippen molar-refractivity contribution >= 4 is 32.2 Å². The van der Waals surface area contributed by atoms with Crippen LogP contribution in [0.25, 0.3) is 22.1 Å². The number of ether oxygens (including phenoxy) is 5. The summed E-state index contributed by atoms with van der Waals surface area (Å²) in [6.45, 7) is 0.718. The van der Waals surface area contributed by atoms with Crippen LogP contribution in [-0.4, -0.2) is 48.0 Å². The molecule has 1 heterocycles. The van der Waals surface area contributed by atoms with Gasteiger partial charge in [-0.1, -0.05) is 0 Å². The van der Waals surface area contributed by atoms with Crippen molar-refractivity contribution in [1.82, 2.24) is 0 Å². The second kappa shape index (κ2) is 12.2. The normalized spacial score (nSPS) is 12.8. The molecule has 0 bridgehead atoms. The first-order valence-corrected chi connectivity index (χ1v) is 15.6. The van der Waals surface area contributed by atoms with Gasteiger partial charge in [0.2, 0.25) is 17.3 Å². The van der Waals surface area contributed by atoms with Crippen molar-refractivity contribution in [2.24, 2.45) is 0 Å². The Morgan fingerprint density at radius 1 is 0.721 bits per heavy atom. The van der Waals surface area contributed by atoms with Crippen LogP contribution in [0.1, 0.15) is 16.1 Å². The number of phosphoric acid groups is 1. The largest absolute Gasteiger partial charge is 0.780 e. The summed E-state index contributed by atoms with van der Waals surface area (Å²) in [6.07, 6.45) is 0. The van der Waals surface area contributed by atoms with Crippen LogP contribution in [0.2, 0.25) is 0 Å². The highest BCUT2D eigenvalue weighted by Crippen LogP contribution is 2.54. The number of hydrogen-bond donors (Lipinski definition) is 0. The van der Waals surface area contributed by atoms with E-state index in [9.17, 15) is 28.6 Å². The molecular weight excluding hydrogens is 610 g/mol. The number of carbonyl (C=O) groups excluding carboxylic acids is 1. The minimum absolute atomic E-state index is 0.00478. The lowest BCUT2D eigenvalue weighted by atomic mass is 9.96. The molecule has 14 nitrogen and oxygen atoms in total. The minimum Gasteiger partial charge on any atom is -0.780 e. The Hall–Kier alpha value is -4.19. The van der Waals surface area contributed by atoms with E-state index < -0.39 is 32.7 Å². The van der Waals surface area contributed by atoms with Crippen molar-refractivity contribution < 1.29 is 65.8 Å². The van der Waals surface area contributed by atoms with Crippen molar-refractivity contribution in [2.75, 3.05) is 42.2 Å². The fourth-order valence-electron chi connectivity index (χ4n) is 4.33. The Morgan fingerprint density at radius 2 is 1.35 bits per heavy atom. The summed E-state index contributed by atoms with van der Waals surface area (Å²) in [5.41, 5.74) is -0.183. The molecule has 1 atom stereocenters. The predicted octanol–water partition coefficient (Wildman–Crippen LogP) is 3.14. The zero-order chi connectivity index (χ0) is 31.7. The number of carbonyl (C=O) groups is 1. The molecule has 0 aliphatic heterocycles. The molecule has 16 heteroatoms. The standard InChI is InChI=1S/C27H28O14P2/c1-34-15-7-8-16-19(13-15)39-27(23(28)14-11-20(36-3)25(38-5)21(12-14)37-4)22(16)17-9-10-18(35-2)26(40-42(6,29)30)24(17)41-43(31,32)33/h7-13H,1-6H3,(H,29,30)(H2,31,32,33)/p-3. The number of rotatable bonds is 12.